The normalized spacial score (nSPS) is 8.58. The van der Waals surface area contributed by atoms with Crippen LogP contribution in [0, 0.1) is 11.3 Å². The molecule has 0 fully saturated rings. The maximum atomic E-state index is 10.6. The second kappa shape index (κ2) is 7.80. The van der Waals surface area contributed by atoms with Crippen LogP contribution in [0.3, 0.4) is 0 Å². The second-order valence-corrected chi connectivity index (χ2v) is 2.34. The van der Waals surface area contributed by atoms with Gasteiger partial charge in [0.15, 0.2) is 0 Å². The second-order valence-electron chi connectivity index (χ2n) is 2.34. The molecule has 0 aliphatic rings. The zero-order valence-electron chi connectivity index (χ0n) is 7.08. The van der Waals surface area contributed by atoms with E-state index in [2.05, 4.69) is 6.58 Å². The number of carbonyl (C=O) groups is 1. The molecular weight excluding hydrogens is 154 g/mol. The van der Waals surface area contributed by atoms with Crippen LogP contribution in [0.2, 0.25) is 0 Å². The van der Waals surface area contributed by atoms with E-state index in [0.717, 1.165) is 19.3 Å². The van der Waals surface area contributed by atoms with Gasteiger partial charge in [0.05, 0.1) is 12.7 Å². The number of esters is 1. The van der Waals surface area contributed by atoms with Crippen molar-refractivity contribution in [2.75, 3.05) is 6.61 Å². The van der Waals surface area contributed by atoms with E-state index in [1.54, 1.807) is 6.07 Å². The lowest BCUT2D eigenvalue weighted by Gasteiger charge is -2.00. The van der Waals surface area contributed by atoms with Crippen molar-refractivity contribution in [3.05, 3.63) is 12.7 Å². The number of nitrogens with zero attached hydrogens (tertiary/aromatic N) is 1. The van der Waals surface area contributed by atoms with Gasteiger partial charge in [0, 0.05) is 0 Å². The molecule has 12 heavy (non-hydrogen) atoms. The first kappa shape index (κ1) is 10.7. The van der Waals surface area contributed by atoms with Crippen molar-refractivity contribution in [3.8, 4) is 6.07 Å². The van der Waals surface area contributed by atoms with E-state index in [1.807, 2.05) is 6.08 Å². The number of allylic oxidation sites excluding steroid dienone is 1. The third kappa shape index (κ3) is 6.81. The van der Waals surface area contributed by atoms with Gasteiger partial charge in [-0.3, -0.25) is 4.79 Å². The first-order valence-corrected chi connectivity index (χ1v) is 3.94. The molecule has 0 aromatic rings. The third-order valence-corrected chi connectivity index (χ3v) is 1.29. The van der Waals surface area contributed by atoms with Crippen molar-refractivity contribution in [3.63, 3.8) is 0 Å². The highest BCUT2D eigenvalue weighted by atomic mass is 16.5. The Labute approximate surface area is 72.6 Å². The zero-order chi connectivity index (χ0) is 9.23. The van der Waals surface area contributed by atoms with E-state index in [4.69, 9.17) is 10.00 Å². The number of hydrogen-bond acceptors (Lipinski definition) is 3. The SMILES string of the molecule is C=CCCCCOC(=O)CC#N. The fourth-order valence-electron chi connectivity index (χ4n) is 0.692. The zero-order valence-corrected chi connectivity index (χ0v) is 7.08. The van der Waals surface area contributed by atoms with Crippen LogP contribution in [0.25, 0.3) is 0 Å². The summed E-state index contributed by atoms with van der Waals surface area (Å²) >= 11 is 0. The first-order chi connectivity index (χ1) is 5.81. The lowest BCUT2D eigenvalue weighted by Crippen LogP contribution is -2.04. The van der Waals surface area contributed by atoms with Gasteiger partial charge in [-0.1, -0.05) is 6.08 Å². The predicted octanol–water partition coefficient (Wildman–Crippen LogP) is 1.80. The molecule has 66 valence electrons. The fourth-order valence-corrected chi connectivity index (χ4v) is 0.692. The Kier molecular flexibility index (Phi) is 6.96. The quantitative estimate of drug-likeness (QED) is 0.344. The van der Waals surface area contributed by atoms with Crippen LogP contribution in [0.15, 0.2) is 12.7 Å². The Morgan fingerprint density at radius 1 is 1.58 bits per heavy atom. The van der Waals surface area contributed by atoms with Gasteiger partial charge >= 0.3 is 5.97 Å². The molecule has 0 radical (unpaired) electrons. The Balaban J connectivity index is 3.15. The van der Waals surface area contributed by atoms with E-state index in [1.165, 1.54) is 0 Å². The molecule has 0 rings (SSSR count). The van der Waals surface area contributed by atoms with Crippen molar-refractivity contribution in [1.29, 1.82) is 5.26 Å². The number of hydrogen-bond donors (Lipinski definition) is 0. The van der Waals surface area contributed by atoms with Gasteiger partial charge in [-0.2, -0.15) is 5.26 Å². The van der Waals surface area contributed by atoms with Crippen LogP contribution in [0.5, 0.6) is 0 Å². The van der Waals surface area contributed by atoms with E-state index in [-0.39, 0.29) is 6.42 Å². The molecule has 0 spiro atoms. The van der Waals surface area contributed by atoms with Crippen molar-refractivity contribution >= 4 is 5.97 Å². The van der Waals surface area contributed by atoms with Crippen molar-refractivity contribution in [2.45, 2.75) is 25.7 Å². The minimum absolute atomic E-state index is 0.151. The molecule has 0 N–H and O–H groups in total. The van der Waals surface area contributed by atoms with E-state index < -0.39 is 5.97 Å². The van der Waals surface area contributed by atoms with E-state index >= 15 is 0 Å². The lowest BCUT2D eigenvalue weighted by molar-refractivity contribution is -0.142. The molecule has 0 saturated heterocycles. The highest BCUT2D eigenvalue weighted by Gasteiger charge is 1.99. The Morgan fingerprint density at radius 3 is 2.92 bits per heavy atom. The van der Waals surface area contributed by atoms with Crippen LogP contribution in [-0.4, -0.2) is 12.6 Å². The summed E-state index contributed by atoms with van der Waals surface area (Å²) in [6, 6.07) is 1.73. The first-order valence-electron chi connectivity index (χ1n) is 3.94. The van der Waals surface area contributed by atoms with Crippen LogP contribution < -0.4 is 0 Å². The molecule has 3 heteroatoms. The topological polar surface area (TPSA) is 50.1 Å². The molecule has 0 atom stereocenters. The summed E-state index contributed by atoms with van der Waals surface area (Å²) in [5.41, 5.74) is 0. The minimum Gasteiger partial charge on any atom is -0.465 e. The van der Waals surface area contributed by atoms with Gasteiger partial charge in [-0.05, 0) is 19.3 Å². The van der Waals surface area contributed by atoms with Gasteiger partial charge in [-0.25, -0.2) is 0 Å². The van der Waals surface area contributed by atoms with Crippen LogP contribution in [-0.2, 0) is 9.53 Å². The Morgan fingerprint density at radius 2 is 2.33 bits per heavy atom. The summed E-state index contributed by atoms with van der Waals surface area (Å²) in [5, 5.41) is 8.11. The molecule has 0 aliphatic heterocycles. The van der Waals surface area contributed by atoms with Gasteiger partial charge in [-0.15, -0.1) is 6.58 Å². The molecule has 0 bridgehead atoms. The number of nitriles is 1. The van der Waals surface area contributed by atoms with Crippen molar-refractivity contribution in [2.24, 2.45) is 0 Å². The average molecular weight is 167 g/mol. The summed E-state index contributed by atoms with van der Waals surface area (Å²) in [6.45, 7) is 3.98. The molecule has 0 aromatic heterocycles. The molecule has 0 aromatic carbocycles. The largest absolute Gasteiger partial charge is 0.465 e. The van der Waals surface area contributed by atoms with E-state index in [0.29, 0.717) is 6.61 Å². The van der Waals surface area contributed by atoms with Gasteiger partial charge in [0.25, 0.3) is 0 Å². The lowest BCUT2D eigenvalue weighted by atomic mass is 10.2. The van der Waals surface area contributed by atoms with Gasteiger partial charge < -0.3 is 4.74 Å². The summed E-state index contributed by atoms with van der Waals surface area (Å²) in [5.74, 6) is -0.434. The highest BCUT2D eigenvalue weighted by Crippen LogP contribution is 1.96. The summed E-state index contributed by atoms with van der Waals surface area (Å²) in [4.78, 5) is 10.6. The van der Waals surface area contributed by atoms with Crippen LogP contribution in [0.4, 0.5) is 0 Å². The Hall–Kier alpha value is -1.30. The minimum atomic E-state index is -0.434. The van der Waals surface area contributed by atoms with Crippen molar-refractivity contribution in [1.82, 2.24) is 0 Å². The molecule has 0 amide bonds. The average Bonchev–Trinajstić information content (AvgIpc) is 2.05. The van der Waals surface area contributed by atoms with Crippen LogP contribution >= 0.6 is 0 Å². The monoisotopic (exact) mass is 167 g/mol. The summed E-state index contributed by atoms with van der Waals surface area (Å²) in [7, 11) is 0. The number of carbonyl (C=O) groups excluding carboxylic acids is 1. The predicted molar refractivity (Wildman–Crippen MR) is 45.2 cm³/mol. The van der Waals surface area contributed by atoms with Gasteiger partial charge in [0.1, 0.15) is 6.42 Å². The van der Waals surface area contributed by atoms with E-state index in [9.17, 15) is 4.79 Å². The molecular formula is C9H13NO2. The highest BCUT2D eigenvalue weighted by molar-refractivity contribution is 5.71. The smallest absolute Gasteiger partial charge is 0.320 e. The van der Waals surface area contributed by atoms with Gasteiger partial charge in [0.2, 0.25) is 0 Å². The fraction of sp³-hybridized carbons (Fsp3) is 0.556. The number of rotatable bonds is 6. The van der Waals surface area contributed by atoms with Crippen LogP contribution in [0.1, 0.15) is 25.7 Å². The summed E-state index contributed by atoms with van der Waals surface area (Å²) < 4.78 is 4.73. The molecule has 0 aliphatic carbocycles. The number of unbranched alkanes of at least 4 members (excludes halogenated alkanes) is 2. The Bertz CT molecular complexity index is 181. The molecule has 3 nitrogen and oxygen atoms in total. The third-order valence-electron chi connectivity index (χ3n) is 1.29. The maximum Gasteiger partial charge on any atom is 0.320 e. The summed E-state index contributed by atoms with van der Waals surface area (Å²) in [6.07, 6.45) is 4.43. The molecule has 0 heterocycles. The maximum absolute atomic E-state index is 10.6. The molecule has 0 unspecified atom stereocenters. The number of ether oxygens (including phenoxy) is 1. The molecule has 0 saturated carbocycles. The van der Waals surface area contributed by atoms with Crippen molar-refractivity contribution < 1.29 is 9.53 Å². The standard InChI is InChI=1S/C9H13NO2/c1-2-3-4-5-8-12-9(11)6-7-10/h2H,1,3-6,8H2.